The molecule has 0 bridgehead atoms. The van der Waals surface area contributed by atoms with Crippen molar-refractivity contribution in [1.82, 2.24) is 20.2 Å². The van der Waals surface area contributed by atoms with Crippen molar-refractivity contribution in [3.63, 3.8) is 0 Å². The smallest absolute Gasteiger partial charge is 0.182 e. The lowest BCUT2D eigenvalue weighted by atomic mass is 10.1. The first kappa shape index (κ1) is 12.5. The average molecular weight is 247 g/mol. The van der Waals surface area contributed by atoms with Gasteiger partial charge in [0.2, 0.25) is 0 Å². The number of methoxy groups -OCH3 is 1. The summed E-state index contributed by atoms with van der Waals surface area (Å²) in [5, 5.41) is 11.8. The first-order chi connectivity index (χ1) is 8.63. The highest BCUT2D eigenvalue weighted by Crippen LogP contribution is 2.23. The van der Waals surface area contributed by atoms with E-state index in [2.05, 4.69) is 15.5 Å². The number of hydrogen-bond donors (Lipinski definition) is 1. The normalized spacial score (nSPS) is 12.6. The standard InChI is InChI=1S/C12H17N5O/c1-8-4-5-10(6-11(8)13)12-14-15-16-17(12)9(2)7-18-3/h4-6,9H,7,13H2,1-3H3. The van der Waals surface area contributed by atoms with E-state index >= 15 is 0 Å². The molecule has 1 heterocycles. The fraction of sp³-hybridized carbons (Fsp3) is 0.417. The van der Waals surface area contributed by atoms with E-state index in [0.717, 1.165) is 16.8 Å². The summed E-state index contributed by atoms with van der Waals surface area (Å²) in [5.74, 6) is 0.700. The van der Waals surface area contributed by atoms with E-state index in [9.17, 15) is 0 Å². The number of anilines is 1. The van der Waals surface area contributed by atoms with Gasteiger partial charge in [-0.25, -0.2) is 4.68 Å². The van der Waals surface area contributed by atoms with E-state index in [1.807, 2.05) is 32.0 Å². The number of nitrogens with two attached hydrogens (primary N) is 1. The third-order valence-corrected chi connectivity index (χ3v) is 2.86. The molecule has 96 valence electrons. The Labute approximate surface area is 106 Å². The van der Waals surface area contributed by atoms with Crippen LogP contribution >= 0.6 is 0 Å². The Kier molecular flexibility index (Phi) is 3.57. The molecule has 18 heavy (non-hydrogen) atoms. The molecule has 0 radical (unpaired) electrons. The van der Waals surface area contributed by atoms with E-state index in [0.29, 0.717) is 12.4 Å². The van der Waals surface area contributed by atoms with Crippen LogP contribution in [0, 0.1) is 6.92 Å². The minimum Gasteiger partial charge on any atom is -0.398 e. The minimum atomic E-state index is 0.0718. The number of nitrogen functional groups attached to an aromatic ring is 1. The molecule has 0 aliphatic carbocycles. The SMILES string of the molecule is COCC(C)n1nnnc1-c1ccc(C)c(N)c1. The minimum absolute atomic E-state index is 0.0718. The number of aryl methyl sites for hydroxylation is 1. The van der Waals surface area contributed by atoms with Gasteiger partial charge >= 0.3 is 0 Å². The van der Waals surface area contributed by atoms with Crippen molar-refractivity contribution >= 4 is 5.69 Å². The van der Waals surface area contributed by atoms with Crippen molar-refractivity contribution in [2.45, 2.75) is 19.9 Å². The van der Waals surface area contributed by atoms with Crippen molar-refractivity contribution in [2.24, 2.45) is 0 Å². The van der Waals surface area contributed by atoms with Gasteiger partial charge in [0.1, 0.15) is 0 Å². The Bertz CT molecular complexity index is 537. The molecule has 6 heteroatoms. The van der Waals surface area contributed by atoms with E-state index < -0.39 is 0 Å². The highest BCUT2D eigenvalue weighted by atomic mass is 16.5. The summed E-state index contributed by atoms with van der Waals surface area (Å²) in [6.07, 6.45) is 0. The Morgan fingerprint density at radius 2 is 2.22 bits per heavy atom. The topological polar surface area (TPSA) is 78.8 Å². The van der Waals surface area contributed by atoms with Gasteiger partial charge in [-0.05, 0) is 35.9 Å². The van der Waals surface area contributed by atoms with Gasteiger partial charge < -0.3 is 10.5 Å². The van der Waals surface area contributed by atoms with E-state index in [4.69, 9.17) is 10.5 Å². The van der Waals surface area contributed by atoms with Gasteiger partial charge in [0, 0.05) is 18.4 Å². The van der Waals surface area contributed by atoms with Gasteiger partial charge in [-0.3, -0.25) is 0 Å². The summed E-state index contributed by atoms with van der Waals surface area (Å²) in [5.41, 5.74) is 8.60. The van der Waals surface area contributed by atoms with Crippen LogP contribution < -0.4 is 5.73 Å². The van der Waals surface area contributed by atoms with Gasteiger partial charge in [0.05, 0.1) is 12.6 Å². The Morgan fingerprint density at radius 3 is 2.89 bits per heavy atom. The zero-order chi connectivity index (χ0) is 13.1. The van der Waals surface area contributed by atoms with Crippen LogP contribution in [0.3, 0.4) is 0 Å². The lowest BCUT2D eigenvalue weighted by molar-refractivity contribution is 0.156. The van der Waals surface area contributed by atoms with Crippen molar-refractivity contribution < 1.29 is 4.74 Å². The number of rotatable bonds is 4. The maximum atomic E-state index is 5.91. The van der Waals surface area contributed by atoms with E-state index in [1.165, 1.54) is 0 Å². The van der Waals surface area contributed by atoms with Crippen molar-refractivity contribution in [3.8, 4) is 11.4 Å². The summed E-state index contributed by atoms with van der Waals surface area (Å²) < 4.78 is 6.86. The maximum Gasteiger partial charge on any atom is 0.182 e. The largest absolute Gasteiger partial charge is 0.398 e. The molecule has 0 spiro atoms. The number of tetrazole rings is 1. The molecule has 0 aliphatic rings. The number of ether oxygens (including phenoxy) is 1. The zero-order valence-electron chi connectivity index (χ0n) is 10.8. The molecule has 6 nitrogen and oxygen atoms in total. The van der Waals surface area contributed by atoms with Crippen LogP contribution in [-0.2, 0) is 4.74 Å². The molecule has 1 atom stereocenters. The van der Waals surface area contributed by atoms with Gasteiger partial charge in [-0.2, -0.15) is 0 Å². The number of nitrogens with zero attached hydrogens (tertiary/aromatic N) is 4. The molecule has 0 saturated carbocycles. The molecule has 1 unspecified atom stereocenters. The number of hydrogen-bond acceptors (Lipinski definition) is 5. The fourth-order valence-electron chi connectivity index (χ4n) is 1.77. The molecule has 0 fully saturated rings. The first-order valence-electron chi connectivity index (χ1n) is 5.76. The average Bonchev–Trinajstić information content (AvgIpc) is 2.82. The van der Waals surface area contributed by atoms with Crippen molar-refractivity contribution in [3.05, 3.63) is 23.8 Å². The predicted octanol–water partition coefficient (Wildman–Crippen LogP) is 1.44. The summed E-state index contributed by atoms with van der Waals surface area (Å²) in [6.45, 7) is 4.52. The van der Waals surface area contributed by atoms with Gasteiger partial charge in [-0.15, -0.1) is 5.10 Å². The molecule has 0 aliphatic heterocycles. The molecule has 2 aromatic rings. The monoisotopic (exact) mass is 247 g/mol. The fourth-order valence-corrected chi connectivity index (χ4v) is 1.77. The van der Waals surface area contributed by atoms with Crippen LogP contribution in [0.4, 0.5) is 5.69 Å². The van der Waals surface area contributed by atoms with Crippen molar-refractivity contribution in [2.75, 3.05) is 19.5 Å². The molecule has 2 rings (SSSR count). The molecule has 1 aromatic heterocycles. The second-order valence-electron chi connectivity index (χ2n) is 4.32. The molecular formula is C12H17N5O. The zero-order valence-corrected chi connectivity index (χ0v) is 10.8. The van der Waals surface area contributed by atoms with Gasteiger partial charge in [0.25, 0.3) is 0 Å². The van der Waals surface area contributed by atoms with Crippen LogP contribution in [-0.4, -0.2) is 33.9 Å². The summed E-state index contributed by atoms with van der Waals surface area (Å²) in [6, 6.07) is 5.89. The lowest BCUT2D eigenvalue weighted by Gasteiger charge is -2.12. The lowest BCUT2D eigenvalue weighted by Crippen LogP contribution is -2.14. The molecule has 0 amide bonds. The number of aromatic nitrogens is 4. The summed E-state index contributed by atoms with van der Waals surface area (Å²) >= 11 is 0. The number of benzene rings is 1. The van der Waals surface area contributed by atoms with E-state index in [1.54, 1.807) is 11.8 Å². The van der Waals surface area contributed by atoms with Gasteiger partial charge in [-0.1, -0.05) is 12.1 Å². The second-order valence-corrected chi connectivity index (χ2v) is 4.32. The van der Waals surface area contributed by atoms with Crippen LogP contribution in [0.25, 0.3) is 11.4 Å². The Morgan fingerprint density at radius 1 is 1.44 bits per heavy atom. The second kappa shape index (κ2) is 5.14. The first-order valence-corrected chi connectivity index (χ1v) is 5.76. The van der Waals surface area contributed by atoms with Crippen LogP contribution in [0.5, 0.6) is 0 Å². The van der Waals surface area contributed by atoms with Crippen molar-refractivity contribution in [1.29, 1.82) is 0 Å². The summed E-state index contributed by atoms with van der Waals surface area (Å²) in [4.78, 5) is 0. The van der Waals surface area contributed by atoms with Crippen LogP contribution in [0.2, 0.25) is 0 Å². The van der Waals surface area contributed by atoms with Crippen LogP contribution in [0.15, 0.2) is 18.2 Å². The Balaban J connectivity index is 2.39. The maximum absolute atomic E-state index is 5.91. The van der Waals surface area contributed by atoms with Crippen LogP contribution in [0.1, 0.15) is 18.5 Å². The highest BCUT2D eigenvalue weighted by molar-refractivity contribution is 5.63. The molecular weight excluding hydrogens is 230 g/mol. The third kappa shape index (κ3) is 2.33. The van der Waals surface area contributed by atoms with Gasteiger partial charge in [0.15, 0.2) is 5.82 Å². The molecule has 0 saturated heterocycles. The van der Waals surface area contributed by atoms with E-state index in [-0.39, 0.29) is 6.04 Å². The molecule has 2 N–H and O–H groups in total. The quantitative estimate of drug-likeness (QED) is 0.827. The summed E-state index contributed by atoms with van der Waals surface area (Å²) in [7, 11) is 1.66. The predicted molar refractivity (Wildman–Crippen MR) is 69.0 cm³/mol. The highest BCUT2D eigenvalue weighted by Gasteiger charge is 2.14. The third-order valence-electron chi connectivity index (χ3n) is 2.86. The Hall–Kier alpha value is -1.95. The molecule has 1 aromatic carbocycles.